The van der Waals surface area contributed by atoms with E-state index in [2.05, 4.69) is 5.32 Å². The molecule has 3 aromatic carbocycles. The molecular weight excluding hydrogens is 511 g/mol. The minimum Gasteiger partial charge on any atom is -0.354 e. The number of hydrogen-bond acceptors (Lipinski definition) is 4. The van der Waals surface area contributed by atoms with Gasteiger partial charge in [0.25, 0.3) is 10.0 Å². The van der Waals surface area contributed by atoms with Crippen LogP contribution in [0.1, 0.15) is 16.7 Å². The molecule has 0 aliphatic rings. The minimum atomic E-state index is -3.97. The van der Waals surface area contributed by atoms with Crippen molar-refractivity contribution >= 4 is 56.6 Å². The maximum atomic E-state index is 13.4. The van der Waals surface area contributed by atoms with E-state index in [0.29, 0.717) is 28.0 Å². The second-order valence-electron chi connectivity index (χ2n) is 7.79. The highest BCUT2D eigenvalue weighted by molar-refractivity contribution is 7.98. The van der Waals surface area contributed by atoms with Gasteiger partial charge in [-0.1, -0.05) is 59.1 Å². The third-order valence-electron chi connectivity index (χ3n) is 5.09. The van der Waals surface area contributed by atoms with Crippen molar-refractivity contribution in [1.29, 1.82) is 0 Å². The summed E-state index contributed by atoms with van der Waals surface area (Å²) in [5.74, 6) is 1.10. The molecule has 0 saturated carbocycles. The molecule has 0 bridgehead atoms. The fraction of sp³-hybridized carbons (Fsp3) is 0.240. The molecule has 0 aliphatic heterocycles. The molecule has 0 fully saturated rings. The maximum Gasteiger partial charge on any atom is 0.264 e. The van der Waals surface area contributed by atoms with Crippen LogP contribution in [0.3, 0.4) is 0 Å². The van der Waals surface area contributed by atoms with Crippen LogP contribution in [0.4, 0.5) is 5.69 Å². The highest BCUT2D eigenvalue weighted by Gasteiger charge is 2.27. The van der Waals surface area contributed by atoms with Gasteiger partial charge in [-0.3, -0.25) is 9.10 Å². The van der Waals surface area contributed by atoms with E-state index in [-0.39, 0.29) is 17.3 Å². The first-order valence-electron chi connectivity index (χ1n) is 10.6. The minimum absolute atomic E-state index is 0.112. The van der Waals surface area contributed by atoms with Gasteiger partial charge in [0.2, 0.25) is 5.91 Å². The van der Waals surface area contributed by atoms with Crippen molar-refractivity contribution < 1.29 is 13.2 Å². The van der Waals surface area contributed by atoms with Gasteiger partial charge in [0, 0.05) is 28.1 Å². The van der Waals surface area contributed by atoms with Crippen LogP contribution in [0, 0.1) is 13.8 Å². The third kappa shape index (κ3) is 7.15. The average molecular weight is 538 g/mol. The predicted octanol–water partition coefficient (Wildman–Crippen LogP) is 5.86. The first-order chi connectivity index (χ1) is 16.2. The Morgan fingerprint density at radius 1 is 0.971 bits per heavy atom. The first kappa shape index (κ1) is 26.4. The lowest BCUT2D eigenvalue weighted by molar-refractivity contribution is -0.119. The van der Waals surface area contributed by atoms with E-state index in [0.717, 1.165) is 26.7 Å². The second kappa shape index (κ2) is 12.0. The third-order valence-corrected chi connectivity index (χ3v) is 8.57. The van der Waals surface area contributed by atoms with Gasteiger partial charge in [-0.2, -0.15) is 11.8 Å². The molecule has 0 heterocycles. The number of rotatable bonds is 10. The highest BCUT2D eigenvalue weighted by atomic mass is 35.5. The van der Waals surface area contributed by atoms with Crippen LogP contribution in [0.5, 0.6) is 0 Å². The number of carbonyl (C=O) groups excluding carboxylic acids is 1. The van der Waals surface area contributed by atoms with Crippen molar-refractivity contribution in [3.8, 4) is 0 Å². The lowest BCUT2D eigenvalue weighted by atomic mass is 10.2. The second-order valence-corrected chi connectivity index (χ2v) is 11.6. The van der Waals surface area contributed by atoms with Crippen LogP contribution in [0.25, 0.3) is 0 Å². The summed E-state index contributed by atoms with van der Waals surface area (Å²) in [6.45, 7) is 3.78. The van der Waals surface area contributed by atoms with Crippen LogP contribution in [0.15, 0.2) is 71.6 Å². The Bertz CT molecular complexity index is 1230. The van der Waals surface area contributed by atoms with E-state index in [1.807, 2.05) is 38.1 Å². The summed E-state index contributed by atoms with van der Waals surface area (Å²) in [7, 11) is -3.97. The summed E-state index contributed by atoms with van der Waals surface area (Å²) in [5, 5.41) is 3.94. The molecule has 0 aliphatic carbocycles. The quantitative estimate of drug-likeness (QED) is 0.329. The Hall–Kier alpha value is -2.19. The van der Waals surface area contributed by atoms with E-state index in [4.69, 9.17) is 23.2 Å². The largest absolute Gasteiger partial charge is 0.354 e. The van der Waals surface area contributed by atoms with Crippen molar-refractivity contribution in [3.05, 3.63) is 93.5 Å². The van der Waals surface area contributed by atoms with E-state index in [1.54, 1.807) is 54.2 Å². The molecule has 180 valence electrons. The van der Waals surface area contributed by atoms with Crippen molar-refractivity contribution in [2.45, 2.75) is 24.5 Å². The molecule has 0 radical (unpaired) electrons. The van der Waals surface area contributed by atoms with Crippen LogP contribution < -0.4 is 9.62 Å². The molecule has 0 saturated heterocycles. The van der Waals surface area contributed by atoms with E-state index < -0.39 is 10.0 Å². The number of halogens is 2. The molecule has 3 rings (SSSR count). The van der Waals surface area contributed by atoms with Gasteiger partial charge in [0.05, 0.1) is 10.6 Å². The topological polar surface area (TPSA) is 66.5 Å². The zero-order chi connectivity index (χ0) is 24.7. The Labute approximate surface area is 215 Å². The molecule has 3 aromatic rings. The summed E-state index contributed by atoms with van der Waals surface area (Å²) < 4.78 is 27.9. The van der Waals surface area contributed by atoms with Gasteiger partial charge in [-0.05, 0) is 61.4 Å². The standard InChI is InChI=1S/C25H26Cl2N2O3S2/c1-18-3-11-23(12-4-18)34(31,32)29(22-10-5-19(2)24(27)15-22)16-25(30)28-13-14-33-17-20-6-8-21(26)9-7-20/h3-12,15H,13-14,16-17H2,1-2H3,(H,28,30). The molecule has 0 spiro atoms. The molecule has 0 unspecified atom stereocenters. The summed E-state index contributed by atoms with van der Waals surface area (Å²) in [6.07, 6.45) is 0. The van der Waals surface area contributed by atoms with Gasteiger partial charge < -0.3 is 5.32 Å². The molecular formula is C25H26Cl2N2O3S2. The number of thioether (sulfide) groups is 1. The molecule has 1 N–H and O–H groups in total. The van der Waals surface area contributed by atoms with Crippen molar-refractivity contribution in [3.63, 3.8) is 0 Å². The zero-order valence-electron chi connectivity index (χ0n) is 18.9. The van der Waals surface area contributed by atoms with Crippen molar-refractivity contribution in [2.24, 2.45) is 0 Å². The number of nitrogens with zero attached hydrogens (tertiary/aromatic N) is 1. The Morgan fingerprint density at radius 3 is 2.29 bits per heavy atom. The van der Waals surface area contributed by atoms with Crippen molar-refractivity contribution in [1.82, 2.24) is 5.32 Å². The lowest BCUT2D eigenvalue weighted by Crippen LogP contribution is -2.41. The number of benzene rings is 3. The first-order valence-corrected chi connectivity index (χ1v) is 14.0. The van der Waals surface area contributed by atoms with Crippen LogP contribution in [0.2, 0.25) is 10.0 Å². The number of anilines is 1. The smallest absolute Gasteiger partial charge is 0.264 e. The Morgan fingerprint density at radius 2 is 1.65 bits per heavy atom. The monoisotopic (exact) mass is 536 g/mol. The molecule has 5 nitrogen and oxygen atoms in total. The molecule has 0 aromatic heterocycles. The van der Waals surface area contributed by atoms with E-state index in [9.17, 15) is 13.2 Å². The average Bonchev–Trinajstić information content (AvgIpc) is 2.80. The van der Waals surface area contributed by atoms with Crippen molar-refractivity contribution in [2.75, 3.05) is 23.1 Å². The van der Waals surface area contributed by atoms with Gasteiger partial charge in [-0.25, -0.2) is 8.42 Å². The zero-order valence-corrected chi connectivity index (χ0v) is 22.1. The number of sulfonamides is 1. The highest BCUT2D eigenvalue weighted by Crippen LogP contribution is 2.28. The van der Waals surface area contributed by atoms with E-state index >= 15 is 0 Å². The molecule has 34 heavy (non-hydrogen) atoms. The van der Waals surface area contributed by atoms with Crippen LogP contribution in [-0.4, -0.2) is 33.2 Å². The molecule has 9 heteroatoms. The number of hydrogen-bond donors (Lipinski definition) is 1. The number of amides is 1. The summed E-state index contributed by atoms with van der Waals surface area (Å²) in [5.41, 5.74) is 3.24. The van der Waals surface area contributed by atoms with Gasteiger partial charge in [0.15, 0.2) is 0 Å². The normalized spacial score (nSPS) is 11.3. The summed E-state index contributed by atoms with van der Waals surface area (Å²) >= 11 is 13.8. The summed E-state index contributed by atoms with van der Waals surface area (Å²) in [6, 6.07) is 19.1. The number of carbonyl (C=O) groups is 1. The van der Waals surface area contributed by atoms with Gasteiger partial charge >= 0.3 is 0 Å². The molecule has 0 atom stereocenters. The lowest BCUT2D eigenvalue weighted by Gasteiger charge is -2.24. The number of aryl methyl sites for hydroxylation is 2. The van der Waals surface area contributed by atoms with Crippen LogP contribution >= 0.6 is 35.0 Å². The van der Waals surface area contributed by atoms with Gasteiger partial charge in [-0.15, -0.1) is 0 Å². The fourth-order valence-corrected chi connectivity index (χ4v) is 5.64. The Kier molecular flexibility index (Phi) is 9.31. The number of nitrogens with one attached hydrogen (secondary N) is 1. The summed E-state index contributed by atoms with van der Waals surface area (Å²) in [4.78, 5) is 12.8. The SMILES string of the molecule is Cc1ccc(S(=O)(=O)N(CC(=O)NCCSCc2ccc(Cl)cc2)c2ccc(C)c(Cl)c2)cc1. The Balaban J connectivity index is 1.67. The maximum absolute atomic E-state index is 13.4. The van der Waals surface area contributed by atoms with Crippen LogP contribution in [-0.2, 0) is 20.6 Å². The fourth-order valence-electron chi connectivity index (χ4n) is 3.11. The predicted molar refractivity (Wildman–Crippen MR) is 143 cm³/mol. The van der Waals surface area contributed by atoms with Gasteiger partial charge in [0.1, 0.15) is 6.54 Å². The van der Waals surface area contributed by atoms with E-state index in [1.165, 1.54) is 0 Å². The molecule has 1 amide bonds.